The highest BCUT2D eigenvalue weighted by Crippen LogP contribution is 2.29. The summed E-state index contributed by atoms with van der Waals surface area (Å²) in [7, 11) is 1.71. The number of piperazine rings is 1. The molecule has 0 radical (unpaired) electrons. The fourth-order valence-corrected chi connectivity index (χ4v) is 2.86. The Balaban J connectivity index is 1.74. The number of hydrogen-bond donors (Lipinski definition) is 1. The molecule has 3 rings (SSSR count). The van der Waals surface area contributed by atoms with E-state index in [2.05, 4.69) is 20.9 Å². The Hall–Kier alpha value is -2.43. The zero-order chi connectivity index (χ0) is 15.5. The minimum atomic E-state index is 0.747. The fraction of sp³-hybridized carbons (Fsp3) is 0.353. The van der Waals surface area contributed by atoms with Crippen LogP contribution in [0.3, 0.4) is 0 Å². The van der Waals surface area contributed by atoms with E-state index in [9.17, 15) is 0 Å². The molecule has 0 atom stereocenters. The van der Waals surface area contributed by atoms with Gasteiger partial charge in [-0.1, -0.05) is 12.1 Å². The zero-order valence-electron chi connectivity index (χ0n) is 13.1. The summed E-state index contributed by atoms with van der Waals surface area (Å²) >= 11 is 0. The summed E-state index contributed by atoms with van der Waals surface area (Å²) < 4.78 is 5.46. The van der Waals surface area contributed by atoms with Crippen molar-refractivity contribution in [2.45, 2.75) is 6.92 Å². The van der Waals surface area contributed by atoms with E-state index in [0.717, 1.165) is 54.8 Å². The number of ether oxygens (including phenoxy) is 1. The monoisotopic (exact) mass is 298 g/mol. The van der Waals surface area contributed by atoms with E-state index < -0.39 is 0 Å². The third kappa shape index (κ3) is 2.79. The predicted molar refractivity (Wildman–Crippen MR) is 90.8 cm³/mol. The second-order valence-corrected chi connectivity index (χ2v) is 5.51. The number of aromatic nitrogens is 1. The molecule has 1 saturated heterocycles. The van der Waals surface area contributed by atoms with Crippen LogP contribution in [0.25, 0.3) is 0 Å². The van der Waals surface area contributed by atoms with Crippen LogP contribution in [0.4, 0.5) is 17.2 Å². The van der Waals surface area contributed by atoms with Gasteiger partial charge in [-0.2, -0.15) is 0 Å². The van der Waals surface area contributed by atoms with Crippen LogP contribution in [0, 0.1) is 6.92 Å². The van der Waals surface area contributed by atoms with Crippen molar-refractivity contribution in [3.05, 3.63) is 42.1 Å². The average Bonchev–Trinajstić information content (AvgIpc) is 2.57. The van der Waals surface area contributed by atoms with Crippen LogP contribution >= 0.6 is 0 Å². The first-order valence-electron chi connectivity index (χ1n) is 7.55. The summed E-state index contributed by atoms with van der Waals surface area (Å²) in [5.74, 6) is 1.82. The van der Waals surface area contributed by atoms with E-state index in [4.69, 9.17) is 10.5 Å². The topological polar surface area (TPSA) is 54.6 Å². The van der Waals surface area contributed by atoms with Crippen molar-refractivity contribution in [2.75, 3.05) is 48.8 Å². The molecule has 2 N–H and O–H groups in total. The maximum absolute atomic E-state index is 6.07. The lowest BCUT2D eigenvalue weighted by Crippen LogP contribution is -2.47. The van der Waals surface area contributed by atoms with E-state index in [1.807, 2.05) is 37.3 Å². The summed E-state index contributed by atoms with van der Waals surface area (Å²) in [6.45, 7) is 5.65. The molecule has 2 heterocycles. The van der Waals surface area contributed by atoms with Gasteiger partial charge in [0.05, 0.1) is 18.5 Å². The van der Waals surface area contributed by atoms with Crippen LogP contribution in [-0.4, -0.2) is 38.3 Å². The molecule has 1 aliphatic heterocycles. The number of rotatable bonds is 3. The first-order chi connectivity index (χ1) is 10.7. The zero-order valence-corrected chi connectivity index (χ0v) is 13.1. The summed E-state index contributed by atoms with van der Waals surface area (Å²) in [5, 5.41) is 0. The summed E-state index contributed by atoms with van der Waals surface area (Å²) in [6, 6.07) is 12.0. The minimum Gasteiger partial charge on any atom is -0.495 e. The molecule has 2 aromatic rings. The molecular formula is C17H22N4O. The highest BCUT2D eigenvalue weighted by molar-refractivity contribution is 5.64. The molecule has 1 aromatic heterocycles. The lowest BCUT2D eigenvalue weighted by molar-refractivity contribution is 0.413. The van der Waals surface area contributed by atoms with Crippen LogP contribution in [0.5, 0.6) is 5.75 Å². The van der Waals surface area contributed by atoms with Crippen LogP contribution in [0.15, 0.2) is 36.4 Å². The van der Waals surface area contributed by atoms with Crippen molar-refractivity contribution in [2.24, 2.45) is 0 Å². The molecule has 116 valence electrons. The van der Waals surface area contributed by atoms with Gasteiger partial charge in [0.1, 0.15) is 5.75 Å². The summed E-state index contributed by atoms with van der Waals surface area (Å²) in [6.07, 6.45) is 0. The second kappa shape index (κ2) is 6.13. The Morgan fingerprint density at radius 3 is 2.41 bits per heavy atom. The minimum absolute atomic E-state index is 0.747. The molecule has 0 amide bonds. The van der Waals surface area contributed by atoms with Crippen molar-refractivity contribution < 1.29 is 4.74 Å². The van der Waals surface area contributed by atoms with Gasteiger partial charge in [-0.15, -0.1) is 0 Å². The largest absolute Gasteiger partial charge is 0.495 e. The van der Waals surface area contributed by atoms with Crippen LogP contribution in [-0.2, 0) is 0 Å². The molecule has 0 unspecified atom stereocenters. The summed E-state index contributed by atoms with van der Waals surface area (Å²) in [4.78, 5) is 9.19. The number of pyridine rings is 1. The number of hydrogen-bond acceptors (Lipinski definition) is 5. The van der Waals surface area contributed by atoms with E-state index in [0.29, 0.717) is 0 Å². The molecule has 0 aliphatic carbocycles. The van der Waals surface area contributed by atoms with Crippen molar-refractivity contribution in [3.8, 4) is 5.75 Å². The van der Waals surface area contributed by atoms with Crippen LogP contribution in [0.1, 0.15) is 5.69 Å². The van der Waals surface area contributed by atoms with Gasteiger partial charge >= 0.3 is 0 Å². The number of methoxy groups -OCH3 is 1. The van der Waals surface area contributed by atoms with Gasteiger partial charge in [0, 0.05) is 31.9 Å². The lowest BCUT2D eigenvalue weighted by Gasteiger charge is -2.37. The van der Waals surface area contributed by atoms with Gasteiger partial charge in [-0.25, -0.2) is 4.98 Å². The molecule has 0 saturated carbocycles. The van der Waals surface area contributed by atoms with Crippen LogP contribution in [0.2, 0.25) is 0 Å². The predicted octanol–water partition coefficient (Wildman–Crippen LogP) is 2.31. The smallest absolute Gasteiger partial charge is 0.152 e. The number of anilines is 3. The van der Waals surface area contributed by atoms with Crippen molar-refractivity contribution in [1.29, 1.82) is 0 Å². The number of nitrogens with two attached hydrogens (primary N) is 1. The molecule has 1 aromatic carbocycles. The quantitative estimate of drug-likeness (QED) is 0.942. The van der Waals surface area contributed by atoms with E-state index in [-0.39, 0.29) is 0 Å². The number of benzene rings is 1. The number of nitrogens with zero attached hydrogens (tertiary/aromatic N) is 3. The van der Waals surface area contributed by atoms with Gasteiger partial charge in [0.25, 0.3) is 0 Å². The van der Waals surface area contributed by atoms with E-state index in [1.165, 1.54) is 0 Å². The van der Waals surface area contributed by atoms with Gasteiger partial charge in [-0.05, 0) is 31.2 Å². The lowest BCUT2D eigenvalue weighted by atomic mass is 10.2. The molecular weight excluding hydrogens is 276 g/mol. The first-order valence-corrected chi connectivity index (χ1v) is 7.55. The number of nitrogen functional groups attached to an aromatic ring is 1. The Kier molecular flexibility index (Phi) is 4.04. The Morgan fingerprint density at radius 1 is 1.00 bits per heavy atom. The van der Waals surface area contributed by atoms with Gasteiger partial charge in [0.15, 0.2) is 5.82 Å². The van der Waals surface area contributed by atoms with Gasteiger partial charge in [-0.3, -0.25) is 0 Å². The first kappa shape index (κ1) is 14.5. The van der Waals surface area contributed by atoms with Gasteiger partial charge in [0.2, 0.25) is 0 Å². The Bertz CT molecular complexity index is 651. The molecule has 5 heteroatoms. The Labute approximate surface area is 131 Å². The van der Waals surface area contributed by atoms with Gasteiger partial charge < -0.3 is 20.3 Å². The van der Waals surface area contributed by atoms with E-state index in [1.54, 1.807) is 7.11 Å². The van der Waals surface area contributed by atoms with Crippen molar-refractivity contribution in [1.82, 2.24) is 4.98 Å². The maximum atomic E-state index is 6.07. The molecule has 0 spiro atoms. The fourth-order valence-electron chi connectivity index (χ4n) is 2.86. The maximum Gasteiger partial charge on any atom is 0.152 e. The average molecular weight is 298 g/mol. The molecule has 22 heavy (non-hydrogen) atoms. The molecule has 1 aliphatic rings. The van der Waals surface area contributed by atoms with Crippen molar-refractivity contribution >= 4 is 17.2 Å². The molecule has 0 bridgehead atoms. The standard InChI is InChI=1S/C17H22N4O/c1-13-7-8-14(18)17(19-13)21-11-9-20(10-12-21)15-5-3-4-6-16(15)22-2/h3-8H,9-12,18H2,1-2H3. The SMILES string of the molecule is COc1ccccc1N1CCN(c2nc(C)ccc2N)CC1. The second-order valence-electron chi connectivity index (χ2n) is 5.51. The number of para-hydroxylation sites is 2. The number of aryl methyl sites for hydroxylation is 1. The third-order valence-electron chi connectivity index (χ3n) is 4.05. The normalized spacial score (nSPS) is 15.0. The highest BCUT2D eigenvalue weighted by atomic mass is 16.5. The molecule has 5 nitrogen and oxygen atoms in total. The molecule has 1 fully saturated rings. The van der Waals surface area contributed by atoms with Crippen molar-refractivity contribution in [3.63, 3.8) is 0 Å². The highest BCUT2D eigenvalue weighted by Gasteiger charge is 2.21. The third-order valence-corrected chi connectivity index (χ3v) is 4.05. The van der Waals surface area contributed by atoms with E-state index >= 15 is 0 Å². The van der Waals surface area contributed by atoms with Crippen LogP contribution < -0.4 is 20.3 Å². The summed E-state index contributed by atoms with van der Waals surface area (Å²) in [5.41, 5.74) is 8.97. The Morgan fingerprint density at radius 2 is 1.68 bits per heavy atom.